The molecule has 0 aromatic heterocycles. The Balaban J connectivity index is 2.27. The number of nitrogens with zero attached hydrogens (tertiary/aromatic N) is 1. The lowest BCUT2D eigenvalue weighted by Crippen LogP contribution is -2.46. The molecule has 0 radical (unpaired) electrons. The molecule has 1 aromatic carbocycles. The van der Waals surface area contributed by atoms with Crippen molar-refractivity contribution in [1.29, 1.82) is 0 Å². The highest BCUT2D eigenvalue weighted by atomic mass is 15.2. The molecule has 1 N–H and O–H groups in total. The number of likely N-dealkylation sites (N-methyl/N-ethyl adjacent to an activating group) is 1. The van der Waals surface area contributed by atoms with E-state index in [1.807, 2.05) is 6.07 Å². The normalized spacial score (nSPS) is 12.5. The molecule has 0 spiro atoms. The molecule has 17 heavy (non-hydrogen) atoms. The summed E-state index contributed by atoms with van der Waals surface area (Å²) in [5, 5.41) is 3.45. The van der Waals surface area contributed by atoms with Crippen molar-refractivity contribution in [3.8, 4) is 0 Å². The summed E-state index contributed by atoms with van der Waals surface area (Å²) in [6.45, 7) is 6.37. The Labute approximate surface area is 105 Å². The van der Waals surface area contributed by atoms with Gasteiger partial charge in [-0.1, -0.05) is 42.5 Å². The van der Waals surface area contributed by atoms with Gasteiger partial charge in [-0.15, -0.1) is 0 Å². The van der Waals surface area contributed by atoms with Crippen LogP contribution < -0.4 is 5.32 Å². The fraction of sp³-hybridized carbons (Fsp3) is 0.467. The Hall–Kier alpha value is -1.12. The molecule has 0 aliphatic heterocycles. The van der Waals surface area contributed by atoms with Crippen LogP contribution in [0.3, 0.4) is 0 Å². The highest BCUT2D eigenvalue weighted by Crippen LogP contribution is 2.07. The molecule has 0 bridgehead atoms. The number of nitrogens with one attached hydrogen (secondary N) is 1. The Bertz CT molecular complexity index is 339. The van der Waals surface area contributed by atoms with Crippen molar-refractivity contribution in [2.45, 2.75) is 19.4 Å². The number of hydrogen-bond donors (Lipinski definition) is 1. The Morgan fingerprint density at radius 1 is 1.18 bits per heavy atom. The van der Waals surface area contributed by atoms with E-state index < -0.39 is 0 Å². The largest absolute Gasteiger partial charge is 0.311 e. The summed E-state index contributed by atoms with van der Waals surface area (Å²) in [5.74, 6) is 0. The lowest BCUT2D eigenvalue weighted by Gasteiger charge is -2.32. The van der Waals surface area contributed by atoms with Gasteiger partial charge >= 0.3 is 0 Å². The van der Waals surface area contributed by atoms with E-state index in [9.17, 15) is 0 Å². The first-order valence-electron chi connectivity index (χ1n) is 6.12. The monoisotopic (exact) mass is 232 g/mol. The van der Waals surface area contributed by atoms with Gasteiger partial charge in [0.2, 0.25) is 0 Å². The van der Waals surface area contributed by atoms with E-state index in [-0.39, 0.29) is 5.54 Å². The maximum atomic E-state index is 3.45. The molecular weight excluding hydrogens is 208 g/mol. The van der Waals surface area contributed by atoms with Gasteiger partial charge in [-0.05, 0) is 33.5 Å². The van der Waals surface area contributed by atoms with Gasteiger partial charge in [-0.25, -0.2) is 0 Å². The van der Waals surface area contributed by atoms with Gasteiger partial charge in [0.05, 0.1) is 0 Å². The third-order valence-electron chi connectivity index (χ3n) is 3.14. The molecule has 0 unspecified atom stereocenters. The van der Waals surface area contributed by atoms with E-state index in [4.69, 9.17) is 0 Å². The average Bonchev–Trinajstić information content (AvgIpc) is 2.29. The molecule has 94 valence electrons. The first-order valence-corrected chi connectivity index (χ1v) is 6.12. The maximum Gasteiger partial charge on any atom is 0.0271 e. The third kappa shape index (κ3) is 5.16. The van der Waals surface area contributed by atoms with Gasteiger partial charge in [0.25, 0.3) is 0 Å². The minimum absolute atomic E-state index is 0.195. The Morgan fingerprint density at radius 3 is 2.41 bits per heavy atom. The first kappa shape index (κ1) is 13.9. The SMILES string of the molecule is CN(C)C(C)(C)CNCC=Cc1ccccc1. The van der Waals surface area contributed by atoms with Gasteiger partial charge < -0.3 is 10.2 Å². The topological polar surface area (TPSA) is 15.3 Å². The van der Waals surface area contributed by atoms with Gasteiger partial charge in [0, 0.05) is 18.6 Å². The lowest BCUT2D eigenvalue weighted by atomic mass is 10.0. The van der Waals surface area contributed by atoms with Crippen LogP contribution in [0.2, 0.25) is 0 Å². The summed E-state index contributed by atoms with van der Waals surface area (Å²) in [6, 6.07) is 10.4. The second-order valence-electron chi connectivity index (χ2n) is 5.15. The summed E-state index contributed by atoms with van der Waals surface area (Å²) in [4.78, 5) is 2.24. The minimum atomic E-state index is 0.195. The van der Waals surface area contributed by atoms with Gasteiger partial charge in [-0.2, -0.15) is 0 Å². The second kappa shape index (κ2) is 6.58. The average molecular weight is 232 g/mol. The minimum Gasteiger partial charge on any atom is -0.311 e. The van der Waals surface area contributed by atoms with E-state index in [0.29, 0.717) is 0 Å². The summed E-state index contributed by atoms with van der Waals surface area (Å²) in [5.41, 5.74) is 1.45. The molecule has 1 rings (SSSR count). The summed E-state index contributed by atoms with van der Waals surface area (Å²) >= 11 is 0. The van der Waals surface area contributed by atoms with E-state index in [2.05, 4.69) is 74.6 Å². The van der Waals surface area contributed by atoms with Crippen LogP contribution >= 0.6 is 0 Å². The van der Waals surface area contributed by atoms with E-state index in [0.717, 1.165) is 13.1 Å². The zero-order valence-electron chi connectivity index (χ0n) is 11.4. The fourth-order valence-electron chi connectivity index (χ4n) is 1.38. The molecule has 2 nitrogen and oxygen atoms in total. The van der Waals surface area contributed by atoms with Crippen LogP contribution in [0.15, 0.2) is 36.4 Å². The smallest absolute Gasteiger partial charge is 0.0271 e. The zero-order valence-corrected chi connectivity index (χ0v) is 11.4. The zero-order chi connectivity index (χ0) is 12.7. The van der Waals surface area contributed by atoms with Crippen molar-refractivity contribution < 1.29 is 0 Å². The molecule has 1 aromatic rings. The first-order chi connectivity index (χ1) is 8.02. The lowest BCUT2D eigenvalue weighted by molar-refractivity contribution is 0.192. The summed E-state index contributed by atoms with van der Waals surface area (Å²) < 4.78 is 0. The molecule has 0 saturated carbocycles. The van der Waals surface area contributed by atoms with Crippen LogP contribution in [0.1, 0.15) is 19.4 Å². The van der Waals surface area contributed by atoms with Gasteiger partial charge in [0.15, 0.2) is 0 Å². The molecule has 0 heterocycles. The number of hydrogen-bond acceptors (Lipinski definition) is 2. The molecular formula is C15H24N2. The van der Waals surface area contributed by atoms with Crippen molar-refractivity contribution >= 4 is 6.08 Å². The Morgan fingerprint density at radius 2 is 1.82 bits per heavy atom. The predicted molar refractivity (Wildman–Crippen MR) is 76.1 cm³/mol. The second-order valence-corrected chi connectivity index (χ2v) is 5.15. The molecule has 0 saturated heterocycles. The molecule has 0 aliphatic carbocycles. The summed E-state index contributed by atoms with van der Waals surface area (Å²) in [6.07, 6.45) is 4.32. The number of benzene rings is 1. The van der Waals surface area contributed by atoms with Crippen molar-refractivity contribution in [3.05, 3.63) is 42.0 Å². The van der Waals surface area contributed by atoms with E-state index >= 15 is 0 Å². The molecule has 0 fully saturated rings. The third-order valence-corrected chi connectivity index (χ3v) is 3.14. The molecule has 0 atom stereocenters. The standard InChI is InChI=1S/C15H24N2/c1-15(2,17(3)4)13-16-12-8-11-14-9-6-5-7-10-14/h5-11,16H,12-13H2,1-4H3. The van der Waals surface area contributed by atoms with E-state index in [1.165, 1.54) is 5.56 Å². The molecule has 0 aliphatic rings. The van der Waals surface area contributed by atoms with Crippen LogP contribution in [0.4, 0.5) is 0 Å². The van der Waals surface area contributed by atoms with Crippen LogP contribution in [-0.4, -0.2) is 37.6 Å². The van der Waals surface area contributed by atoms with Gasteiger partial charge in [-0.3, -0.25) is 0 Å². The van der Waals surface area contributed by atoms with Crippen LogP contribution in [0.25, 0.3) is 6.08 Å². The summed E-state index contributed by atoms with van der Waals surface area (Å²) in [7, 11) is 4.23. The molecule has 0 amide bonds. The van der Waals surface area contributed by atoms with E-state index in [1.54, 1.807) is 0 Å². The quantitative estimate of drug-likeness (QED) is 0.759. The van der Waals surface area contributed by atoms with Crippen molar-refractivity contribution in [3.63, 3.8) is 0 Å². The van der Waals surface area contributed by atoms with Crippen LogP contribution in [0, 0.1) is 0 Å². The van der Waals surface area contributed by atoms with Gasteiger partial charge in [0.1, 0.15) is 0 Å². The van der Waals surface area contributed by atoms with Crippen LogP contribution in [0.5, 0.6) is 0 Å². The highest BCUT2D eigenvalue weighted by Gasteiger charge is 2.18. The number of rotatable bonds is 6. The predicted octanol–water partition coefficient (Wildman–Crippen LogP) is 2.63. The van der Waals surface area contributed by atoms with Crippen molar-refractivity contribution in [1.82, 2.24) is 10.2 Å². The fourth-order valence-corrected chi connectivity index (χ4v) is 1.38. The maximum absolute atomic E-state index is 3.45. The van der Waals surface area contributed by atoms with Crippen LogP contribution in [-0.2, 0) is 0 Å². The van der Waals surface area contributed by atoms with Crippen molar-refractivity contribution in [2.75, 3.05) is 27.2 Å². The highest BCUT2D eigenvalue weighted by molar-refractivity contribution is 5.48. The Kier molecular flexibility index (Phi) is 5.39. The van der Waals surface area contributed by atoms with Crippen molar-refractivity contribution in [2.24, 2.45) is 0 Å². The molecule has 2 heteroatoms.